The minimum absolute atomic E-state index is 0.218. The van der Waals surface area contributed by atoms with Crippen molar-refractivity contribution in [1.82, 2.24) is 4.98 Å². The molecule has 1 aliphatic heterocycles. The van der Waals surface area contributed by atoms with Gasteiger partial charge in [0.15, 0.2) is 6.10 Å². The van der Waals surface area contributed by atoms with Crippen LogP contribution in [0.5, 0.6) is 11.5 Å². The molecule has 2 aromatic carbocycles. The van der Waals surface area contributed by atoms with Gasteiger partial charge in [-0.15, -0.1) is 0 Å². The van der Waals surface area contributed by atoms with Crippen LogP contribution in [0.15, 0.2) is 48.5 Å². The van der Waals surface area contributed by atoms with Crippen LogP contribution in [-0.2, 0) is 14.3 Å². The summed E-state index contributed by atoms with van der Waals surface area (Å²) in [5.74, 6) is -1.08. The van der Waals surface area contributed by atoms with Crippen molar-refractivity contribution in [2.24, 2.45) is 0 Å². The Labute approximate surface area is 185 Å². The molecule has 32 heavy (non-hydrogen) atoms. The van der Waals surface area contributed by atoms with Crippen LogP contribution in [0.4, 0.5) is 0 Å². The second-order valence-corrected chi connectivity index (χ2v) is 7.67. The van der Waals surface area contributed by atoms with Crippen molar-refractivity contribution in [2.75, 3.05) is 7.11 Å². The average Bonchev–Trinajstić information content (AvgIpc) is 3.09. The Balaban J connectivity index is 1.62. The van der Waals surface area contributed by atoms with E-state index in [9.17, 15) is 14.4 Å². The summed E-state index contributed by atoms with van der Waals surface area (Å²) in [5.41, 5.74) is 2.86. The van der Waals surface area contributed by atoms with Crippen molar-refractivity contribution in [3.05, 3.63) is 82.2 Å². The first-order chi connectivity index (χ1) is 15.3. The summed E-state index contributed by atoms with van der Waals surface area (Å²) in [7, 11) is 1.28. The molecule has 7 heteroatoms. The number of esters is 2. The minimum Gasteiger partial charge on any atom is -0.465 e. The number of H-pyrrole nitrogens is 1. The molecule has 7 nitrogen and oxygen atoms in total. The second kappa shape index (κ2) is 8.34. The number of ketones is 1. The maximum absolute atomic E-state index is 13.3. The van der Waals surface area contributed by atoms with Crippen LogP contribution in [-0.4, -0.2) is 35.9 Å². The van der Waals surface area contributed by atoms with Crippen LogP contribution >= 0.6 is 0 Å². The molecular weight excluding hydrogens is 410 g/mol. The van der Waals surface area contributed by atoms with Crippen LogP contribution in [0.2, 0.25) is 0 Å². The molecule has 0 saturated carbocycles. The van der Waals surface area contributed by atoms with E-state index in [2.05, 4.69) is 4.98 Å². The molecule has 1 aromatic heterocycles. The molecule has 2 heterocycles. The molecule has 1 aliphatic rings. The maximum Gasteiger partial charge on any atom is 0.339 e. The molecule has 1 N–H and O–H groups in total. The fourth-order valence-electron chi connectivity index (χ4n) is 4.07. The van der Waals surface area contributed by atoms with E-state index in [1.807, 2.05) is 36.4 Å². The third kappa shape index (κ3) is 3.56. The lowest BCUT2D eigenvalue weighted by Crippen LogP contribution is -2.29. The van der Waals surface area contributed by atoms with Gasteiger partial charge in [-0.1, -0.05) is 36.4 Å². The van der Waals surface area contributed by atoms with E-state index in [1.165, 1.54) is 14.0 Å². The van der Waals surface area contributed by atoms with Gasteiger partial charge in [-0.25, -0.2) is 4.79 Å². The molecule has 0 unspecified atom stereocenters. The van der Waals surface area contributed by atoms with E-state index in [0.717, 1.165) is 0 Å². The van der Waals surface area contributed by atoms with Gasteiger partial charge in [0.2, 0.25) is 5.78 Å². The number of Topliss-reactive ketones (excluding diaryl/α,β-unsaturated/α-hetero) is 1. The Bertz CT molecular complexity index is 1180. The van der Waals surface area contributed by atoms with Crippen LogP contribution in [0.25, 0.3) is 0 Å². The zero-order valence-corrected chi connectivity index (χ0v) is 18.2. The average molecular weight is 433 g/mol. The number of nitrogens with one attached hydrogen (secondary N) is 1. The van der Waals surface area contributed by atoms with Gasteiger partial charge < -0.3 is 19.2 Å². The van der Waals surface area contributed by atoms with Gasteiger partial charge in [0.1, 0.15) is 17.4 Å². The predicted molar refractivity (Wildman–Crippen MR) is 116 cm³/mol. The Morgan fingerprint density at radius 1 is 0.969 bits per heavy atom. The first-order valence-corrected chi connectivity index (χ1v) is 10.2. The normalized spacial score (nSPS) is 13.4. The highest BCUT2D eigenvalue weighted by Crippen LogP contribution is 2.44. The first-order valence-electron chi connectivity index (χ1n) is 10.2. The number of methoxy groups -OCH3 is 1. The van der Waals surface area contributed by atoms with Crippen LogP contribution in [0, 0.1) is 13.8 Å². The fraction of sp³-hybridized carbons (Fsp3) is 0.240. The van der Waals surface area contributed by atoms with E-state index in [0.29, 0.717) is 39.4 Å². The van der Waals surface area contributed by atoms with E-state index in [1.54, 1.807) is 26.0 Å². The lowest BCUT2D eigenvalue weighted by molar-refractivity contribution is -0.147. The number of hydrogen-bond donors (Lipinski definition) is 1. The lowest BCUT2D eigenvalue weighted by atomic mass is 9.88. The third-order valence-electron chi connectivity index (χ3n) is 5.65. The number of benzene rings is 2. The first kappa shape index (κ1) is 21.4. The summed E-state index contributed by atoms with van der Waals surface area (Å²) in [6, 6.07) is 14.5. The molecule has 0 radical (unpaired) electrons. The highest BCUT2D eigenvalue weighted by molar-refractivity contribution is 6.04. The van der Waals surface area contributed by atoms with Gasteiger partial charge in [-0.3, -0.25) is 9.59 Å². The zero-order chi connectivity index (χ0) is 23.0. The number of rotatable bonds is 5. The number of para-hydroxylation sites is 2. The summed E-state index contributed by atoms with van der Waals surface area (Å²) < 4.78 is 16.3. The largest absolute Gasteiger partial charge is 0.465 e. The summed E-state index contributed by atoms with van der Waals surface area (Å²) in [6.07, 6.45) is -1.06. The van der Waals surface area contributed by atoms with Crippen molar-refractivity contribution in [1.29, 1.82) is 0 Å². The Morgan fingerprint density at radius 3 is 2.09 bits per heavy atom. The van der Waals surface area contributed by atoms with Crippen LogP contribution in [0.3, 0.4) is 0 Å². The van der Waals surface area contributed by atoms with Gasteiger partial charge in [-0.05, 0) is 38.5 Å². The molecule has 1 atom stereocenters. The van der Waals surface area contributed by atoms with E-state index in [4.69, 9.17) is 14.2 Å². The molecule has 164 valence electrons. The summed E-state index contributed by atoms with van der Waals surface area (Å²) in [5, 5.41) is 0. The molecule has 0 spiro atoms. The van der Waals surface area contributed by atoms with Gasteiger partial charge in [0, 0.05) is 16.8 Å². The summed E-state index contributed by atoms with van der Waals surface area (Å²) in [6.45, 7) is 4.86. The lowest BCUT2D eigenvalue weighted by Gasteiger charge is -2.27. The van der Waals surface area contributed by atoms with Crippen LogP contribution < -0.4 is 4.74 Å². The summed E-state index contributed by atoms with van der Waals surface area (Å²) in [4.78, 5) is 41.3. The Kier molecular flexibility index (Phi) is 5.57. The SMILES string of the molecule is COC(=O)c1c(C)[nH]c(C(=O)[C@@H](C)OC(=O)C2c3ccccc3Oc3ccccc32)c1C. The Morgan fingerprint density at radius 2 is 1.53 bits per heavy atom. The number of ether oxygens (including phenoxy) is 3. The van der Waals surface area contributed by atoms with E-state index < -0.39 is 29.7 Å². The van der Waals surface area contributed by atoms with E-state index in [-0.39, 0.29) is 5.69 Å². The fourth-order valence-corrected chi connectivity index (χ4v) is 4.07. The monoisotopic (exact) mass is 433 g/mol. The number of hydrogen-bond acceptors (Lipinski definition) is 6. The number of aromatic amines is 1. The highest BCUT2D eigenvalue weighted by Gasteiger charge is 2.36. The van der Waals surface area contributed by atoms with Gasteiger partial charge >= 0.3 is 11.9 Å². The molecule has 4 rings (SSSR count). The van der Waals surface area contributed by atoms with Crippen molar-refractivity contribution in [2.45, 2.75) is 32.8 Å². The third-order valence-corrected chi connectivity index (χ3v) is 5.65. The van der Waals surface area contributed by atoms with Gasteiger partial charge in [-0.2, -0.15) is 0 Å². The Hall–Kier alpha value is -3.87. The molecule has 0 bridgehead atoms. The maximum atomic E-state index is 13.3. The van der Waals surface area contributed by atoms with Gasteiger partial charge in [0.05, 0.1) is 18.4 Å². The molecule has 0 fully saturated rings. The molecule has 0 aliphatic carbocycles. The van der Waals surface area contributed by atoms with Crippen molar-refractivity contribution < 1.29 is 28.6 Å². The molecule has 0 saturated heterocycles. The number of aryl methyl sites for hydroxylation is 1. The number of carbonyl (C=O) groups is 3. The smallest absolute Gasteiger partial charge is 0.339 e. The number of fused-ring (bicyclic) bond motifs is 2. The molecule has 3 aromatic rings. The highest BCUT2D eigenvalue weighted by atomic mass is 16.5. The molecular formula is C25H23NO6. The van der Waals surface area contributed by atoms with Crippen molar-refractivity contribution >= 4 is 17.7 Å². The second-order valence-electron chi connectivity index (χ2n) is 7.67. The number of carbonyl (C=O) groups excluding carboxylic acids is 3. The standard InChI is InChI=1S/C25H23NO6/c1-13-20(24(28)30-4)14(2)26-22(13)23(27)15(3)31-25(29)21-16-9-5-7-11-18(16)32-19-12-8-6-10-17(19)21/h5-12,15,21,26H,1-4H3/t15-/m1/s1. The topological polar surface area (TPSA) is 94.7 Å². The number of aromatic nitrogens is 1. The van der Waals surface area contributed by atoms with Crippen molar-refractivity contribution in [3.8, 4) is 11.5 Å². The van der Waals surface area contributed by atoms with Gasteiger partial charge in [0.25, 0.3) is 0 Å². The van der Waals surface area contributed by atoms with E-state index >= 15 is 0 Å². The predicted octanol–water partition coefficient (Wildman–Crippen LogP) is 4.47. The van der Waals surface area contributed by atoms with Crippen molar-refractivity contribution in [3.63, 3.8) is 0 Å². The minimum atomic E-state index is -1.06. The summed E-state index contributed by atoms with van der Waals surface area (Å²) >= 11 is 0. The molecule has 0 amide bonds. The zero-order valence-electron chi connectivity index (χ0n) is 18.2. The van der Waals surface area contributed by atoms with Crippen LogP contribution in [0.1, 0.15) is 56.1 Å². The quantitative estimate of drug-likeness (QED) is 0.471.